The van der Waals surface area contributed by atoms with Gasteiger partial charge in [-0.1, -0.05) is 5.21 Å². The second-order valence-electron chi connectivity index (χ2n) is 3.96. The monoisotopic (exact) mass is 277 g/mol. The lowest BCUT2D eigenvalue weighted by Gasteiger charge is -2.04. The van der Waals surface area contributed by atoms with Crippen LogP contribution in [-0.2, 0) is 11.3 Å². The van der Waals surface area contributed by atoms with E-state index in [1.165, 1.54) is 0 Å². The molecule has 1 amide bonds. The average molecular weight is 277 g/mol. The van der Waals surface area contributed by atoms with Crippen LogP contribution in [0.25, 0.3) is 0 Å². The zero-order valence-corrected chi connectivity index (χ0v) is 10.7. The van der Waals surface area contributed by atoms with Crippen molar-refractivity contribution in [3.05, 3.63) is 23.3 Å². The van der Waals surface area contributed by atoms with Gasteiger partial charge in [0.25, 0.3) is 0 Å². The van der Waals surface area contributed by atoms with Gasteiger partial charge in [0.2, 0.25) is 11.9 Å². The number of aromatic nitrogens is 6. The molecule has 104 valence electrons. The van der Waals surface area contributed by atoms with Crippen LogP contribution in [0, 0.1) is 13.8 Å². The summed E-state index contributed by atoms with van der Waals surface area (Å²) in [6.45, 7) is 3.30. The Balaban J connectivity index is 2.01. The van der Waals surface area contributed by atoms with E-state index < -0.39 is 11.9 Å². The number of rotatable bonds is 4. The number of nitrogens with one attached hydrogen (secondary N) is 1. The number of carboxylic acid groups (broad SMARTS) is 1. The van der Waals surface area contributed by atoms with Crippen molar-refractivity contribution < 1.29 is 14.7 Å². The van der Waals surface area contributed by atoms with Crippen molar-refractivity contribution in [2.75, 3.05) is 5.32 Å². The molecule has 2 aromatic rings. The SMILES string of the molecule is Cc1nnc(NC(=O)Cn2cc(C(=O)O)nn2)nc1C. The Hall–Kier alpha value is -2.91. The summed E-state index contributed by atoms with van der Waals surface area (Å²) in [5.74, 6) is -1.59. The maximum Gasteiger partial charge on any atom is 0.358 e. The van der Waals surface area contributed by atoms with E-state index in [0.717, 1.165) is 10.9 Å². The molecule has 0 aromatic carbocycles. The zero-order chi connectivity index (χ0) is 14.7. The van der Waals surface area contributed by atoms with Crippen molar-refractivity contribution >= 4 is 17.8 Å². The Kier molecular flexibility index (Phi) is 3.64. The van der Waals surface area contributed by atoms with Crippen LogP contribution in [0.5, 0.6) is 0 Å². The number of carbonyl (C=O) groups is 2. The quantitative estimate of drug-likeness (QED) is 0.757. The normalized spacial score (nSPS) is 10.3. The molecule has 20 heavy (non-hydrogen) atoms. The maximum atomic E-state index is 11.7. The molecule has 0 radical (unpaired) electrons. The minimum Gasteiger partial charge on any atom is -0.476 e. The number of hydrogen-bond donors (Lipinski definition) is 2. The zero-order valence-electron chi connectivity index (χ0n) is 10.7. The van der Waals surface area contributed by atoms with Gasteiger partial charge in [-0.05, 0) is 13.8 Å². The standard InChI is InChI=1S/C10H11N7O3/c1-5-6(2)13-15-10(11-5)12-8(18)4-17-3-7(9(19)20)14-16-17/h3H,4H2,1-2H3,(H,19,20)(H,11,12,15,18). The average Bonchev–Trinajstić information content (AvgIpc) is 2.82. The van der Waals surface area contributed by atoms with Crippen LogP contribution >= 0.6 is 0 Å². The van der Waals surface area contributed by atoms with Gasteiger partial charge in [-0.15, -0.1) is 10.2 Å². The summed E-state index contributed by atoms with van der Waals surface area (Å²) in [5.41, 5.74) is 1.09. The first-order valence-corrected chi connectivity index (χ1v) is 5.57. The first-order chi connectivity index (χ1) is 9.45. The molecule has 0 aliphatic carbocycles. The lowest BCUT2D eigenvalue weighted by atomic mass is 10.4. The van der Waals surface area contributed by atoms with Gasteiger partial charge in [0.1, 0.15) is 6.54 Å². The second-order valence-corrected chi connectivity index (χ2v) is 3.96. The molecule has 0 atom stereocenters. The van der Waals surface area contributed by atoms with E-state index in [9.17, 15) is 9.59 Å². The highest BCUT2D eigenvalue weighted by Crippen LogP contribution is 2.02. The molecule has 0 fully saturated rings. The Morgan fingerprint density at radius 1 is 1.25 bits per heavy atom. The van der Waals surface area contributed by atoms with E-state index in [-0.39, 0.29) is 18.2 Å². The number of carbonyl (C=O) groups excluding carboxylic acids is 1. The molecule has 2 aromatic heterocycles. The van der Waals surface area contributed by atoms with Crippen LogP contribution in [0.15, 0.2) is 6.20 Å². The summed E-state index contributed by atoms with van der Waals surface area (Å²) in [7, 11) is 0. The van der Waals surface area contributed by atoms with Crippen molar-refractivity contribution in [3.63, 3.8) is 0 Å². The highest BCUT2D eigenvalue weighted by molar-refractivity contribution is 5.89. The number of amides is 1. The van der Waals surface area contributed by atoms with Crippen LogP contribution in [0.2, 0.25) is 0 Å². The molecule has 0 aliphatic rings. The maximum absolute atomic E-state index is 11.7. The summed E-state index contributed by atoms with van der Waals surface area (Å²) < 4.78 is 1.10. The van der Waals surface area contributed by atoms with Crippen LogP contribution in [0.3, 0.4) is 0 Å². The van der Waals surface area contributed by atoms with Crippen molar-refractivity contribution in [2.45, 2.75) is 20.4 Å². The minimum absolute atomic E-state index is 0.0803. The molecule has 10 heteroatoms. The van der Waals surface area contributed by atoms with Gasteiger partial charge in [-0.3, -0.25) is 10.1 Å². The van der Waals surface area contributed by atoms with Gasteiger partial charge in [0, 0.05) is 0 Å². The molecule has 0 spiro atoms. The Morgan fingerprint density at radius 3 is 2.60 bits per heavy atom. The molecule has 0 saturated heterocycles. The van der Waals surface area contributed by atoms with E-state index >= 15 is 0 Å². The second kappa shape index (κ2) is 5.38. The largest absolute Gasteiger partial charge is 0.476 e. The molecule has 0 bridgehead atoms. The van der Waals surface area contributed by atoms with E-state index in [4.69, 9.17) is 5.11 Å². The Bertz CT molecular complexity index is 667. The third-order valence-electron chi connectivity index (χ3n) is 2.41. The summed E-state index contributed by atoms with van der Waals surface area (Å²) in [6.07, 6.45) is 1.15. The Morgan fingerprint density at radius 2 is 2.00 bits per heavy atom. The lowest BCUT2D eigenvalue weighted by molar-refractivity contribution is -0.117. The number of carboxylic acids is 1. The third-order valence-corrected chi connectivity index (χ3v) is 2.41. The van der Waals surface area contributed by atoms with Crippen LogP contribution < -0.4 is 5.32 Å². The summed E-state index contributed by atoms with van der Waals surface area (Å²) in [4.78, 5) is 26.4. The summed E-state index contributed by atoms with van der Waals surface area (Å²) in [5, 5.41) is 25.6. The van der Waals surface area contributed by atoms with Gasteiger partial charge in [0.15, 0.2) is 5.69 Å². The van der Waals surface area contributed by atoms with Gasteiger partial charge < -0.3 is 5.11 Å². The highest BCUT2D eigenvalue weighted by atomic mass is 16.4. The molecule has 0 aliphatic heterocycles. The number of aryl methyl sites for hydroxylation is 2. The van der Waals surface area contributed by atoms with Gasteiger partial charge in [-0.2, -0.15) is 5.10 Å². The first-order valence-electron chi connectivity index (χ1n) is 5.57. The van der Waals surface area contributed by atoms with Gasteiger partial charge in [-0.25, -0.2) is 14.5 Å². The summed E-state index contributed by atoms with van der Waals surface area (Å²) >= 11 is 0. The first kappa shape index (κ1) is 13.5. The summed E-state index contributed by atoms with van der Waals surface area (Å²) in [6, 6.07) is 0. The van der Waals surface area contributed by atoms with E-state index in [1.54, 1.807) is 13.8 Å². The van der Waals surface area contributed by atoms with Gasteiger partial charge >= 0.3 is 5.97 Å². The van der Waals surface area contributed by atoms with Crippen molar-refractivity contribution in [1.29, 1.82) is 0 Å². The van der Waals surface area contributed by atoms with E-state index in [2.05, 4.69) is 30.8 Å². The lowest BCUT2D eigenvalue weighted by Crippen LogP contribution is -2.21. The fourth-order valence-corrected chi connectivity index (χ4v) is 1.29. The Labute approximate surface area is 112 Å². The van der Waals surface area contributed by atoms with Crippen molar-refractivity contribution in [2.24, 2.45) is 0 Å². The predicted molar refractivity (Wildman–Crippen MR) is 64.9 cm³/mol. The topological polar surface area (TPSA) is 136 Å². The van der Waals surface area contributed by atoms with E-state index in [0.29, 0.717) is 11.4 Å². The smallest absolute Gasteiger partial charge is 0.358 e. The number of nitrogens with zero attached hydrogens (tertiary/aromatic N) is 6. The van der Waals surface area contributed by atoms with Crippen LogP contribution in [0.4, 0.5) is 5.95 Å². The molecule has 10 nitrogen and oxygen atoms in total. The number of aromatic carboxylic acids is 1. The number of anilines is 1. The predicted octanol–water partition coefficient (Wildman–Crippen LogP) is -0.583. The molecule has 2 N–H and O–H groups in total. The van der Waals surface area contributed by atoms with Crippen molar-refractivity contribution in [1.82, 2.24) is 30.2 Å². The molecule has 0 unspecified atom stereocenters. The molecule has 0 saturated carbocycles. The fourth-order valence-electron chi connectivity index (χ4n) is 1.29. The minimum atomic E-state index is -1.21. The van der Waals surface area contributed by atoms with E-state index in [1.807, 2.05) is 0 Å². The molecular formula is C10H11N7O3. The number of hydrogen-bond acceptors (Lipinski definition) is 7. The molecule has 2 heterocycles. The fraction of sp³-hybridized carbons (Fsp3) is 0.300. The van der Waals surface area contributed by atoms with Crippen molar-refractivity contribution in [3.8, 4) is 0 Å². The van der Waals surface area contributed by atoms with Crippen LogP contribution in [-0.4, -0.2) is 47.2 Å². The highest BCUT2D eigenvalue weighted by Gasteiger charge is 2.12. The third kappa shape index (κ3) is 3.10. The van der Waals surface area contributed by atoms with Crippen LogP contribution in [0.1, 0.15) is 21.9 Å². The molecular weight excluding hydrogens is 266 g/mol. The molecule has 2 rings (SSSR count). The van der Waals surface area contributed by atoms with Gasteiger partial charge in [0.05, 0.1) is 17.6 Å².